The molecule has 1 aromatic carbocycles. The zero-order valence-electron chi connectivity index (χ0n) is 19.8. The lowest BCUT2D eigenvalue weighted by Gasteiger charge is -2.49. The number of phenols is 1. The number of amides is 1. The molecule has 1 heterocycles. The number of benzene rings is 1. The first kappa shape index (κ1) is 23.0. The van der Waals surface area contributed by atoms with E-state index in [1.165, 1.54) is 31.2 Å². The first-order valence-electron chi connectivity index (χ1n) is 12.0. The van der Waals surface area contributed by atoms with E-state index in [2.05, 4.69) is 46.0 Å². The Balaban J connectivity index is 1.88. The molecule has 2 N–H and O–H groups in total. The normalized spacial score (nSPS) is 26.7. The molecule has 1 amide bonds. The van der Waals surface area contributed by atoms with Crippen LogP contribution in [0.3, 0.4) is 0 Å². The number of hydrogen-bond donors (Lipinski definition) is 2. The zero-order chi connectivity index (χ0) is 22.1. The van der Waals surface area contributed by atoms with E-state index in [1.54, 1.807) is 6.92 Å². The van der Waals surface area contributed by atoms with Crippen LogP contribution in [-0.4, -0.2) is 22.7 Å². The predicted octanol–water partition coefficient (Wildman–Crippen LogP) is 6.27. The molecule has 1 aliphatic heterocycles. The van der Waals surface area contributed by atoms with Gasteiger partial charge < -0.3 is 15.2 Å². The number of ether oxygens (including phenoxy) is 1. The summed E-state index contributed by atoms with van der Waals surface area (Å²) < 4.78 is 6.51. The summed E-state index contributed by atoms with van der Waals surface area (Å²) in [6.45, 7) is 12.8. The number of unbranched alkanes of at least 4 members (excludes halogenated alkanes) is 2. The minimum absolute atomic E-state index is 0.0236. The maximum absolute atomic E-state index is 11.6. The van der Waals surface area contributed by atoms with Crippen molar-refractivity contribution in [3.63, 3.8) is 0 Å². The van der Waals surface area contributed by atoms with Crippen molar-refractivity contribution < 1.29 is 14.6 Å². The van der Waals surface area contributed by atoms with Gasteiger partial charge in [0.2, 0.25) is 5.91 Å². The Bertz CT molecular complexity index is 757. The quantitative estimate of drug-likeness (QED) is 0.516. The fourth-order valence-electron chi connectivity index (χ4n) is 5.75. The fraction of sp³-hybridized carbons (Fsp3) is 0.731. The van der Waals surface area contributed by atoms with Crippen LogP contribution in [0, 0.1) is 11.8 Å². The first-order valence-corrected chi connectivity index (χ1v) is 12.0. The second-order valence-corrected chi connectivity index (χ2v) is 10.3. The molecule has 4 heteroatoms. The monoisotopic (exact) mass is 415 g/mol. The molecule has 0 saturated heterocycles. The van der Waals surface area contributed by atoms with Gasteiger partial charge >= 0.3 is 0 Å². The number of hydrogen-bond acceptors (Lipinski definition) is 3. The summed E-state index contributed by atoms with van der Waals surface area (Å²) in [4.78, 5) is 11.6. The van der Waals surface area contributed by atoms with Crippen molar-refractivity contribution in [1.82, 2.24) is 5.32 Å². The third-order valence-electron chi connectivity index (χ3n) is 7.68. The van der Waals surface area contributed by atoms with Crippen LogP contribution in [0.2, 0.25) is 0 Å². The number of aromatic hydroxyl groups is 1. The van der Waals surface area contributed by atoms with E-state index < -0.39 is 0 Å². The van der Waals surface area contributed by atoms with Gasteiger partial charge in [-0.2, -0.15) is 0 Å². The molecule has 168 valence electrons. The van der Waals surface area contributed by atoms with Crippen LogP contribution >= 0.6 is 0 Å². The van der Waals surface area contributed by atoms with Gasteiger partial charge in [-0.25, -0.2) is 0 Å². The van der Waals surface area contributed by atoms with Gasteiger partial charge in [-0.1, -0.05) is 46.5 Å². The van der Waals surface area contributed by atoms with Crippen molar-refractivity contribution in [2.24, 2.45) is 11.8 Å². The molecule has 5 atom stereocenters. The number of rotatable bonds is 7. The van der Waals surface area contributed by atoms with Gasteiger partial charge in [0, 0.05) is 24.4 Å². The van der Waals surface area contributed by atoms with Crippen LogP contribution in [0.5, 0.6) is 11.5 Å². The molecule has 0 aromatic heterocycles. The Labute approximate surface area is 182 Å². The van der Waals surface area contributed by atoms with Crippen LogP contribution in [0.25, 0.3) is 0 Å². The molecule has 2 aliphatic rings. The highest BCUT2D eigenvalue weighted by molar-refractivity contribution is 5.73. The second-order valence-electron chi connectivity index (χ2n) is 10.3. The Morgan fingerprint density at radius 1 is 1.27 bits per heavy atom. The number of fused-ring (bicyclic) bond motifs is 3. The van der Waals surface area contributed by atoms with E-state index in [4.69, 9.17) is 4.74 Å². The molecular weight excluding hydrogens is 374 g/mol. The SMILES string of the molecule is CCCCCC(C)C(C)c1cc(O)c2c(c1)OC(C)(C)[C@@H]1CC[C@@H](NC(C)=O)C[C@@H]21. The van der Waals surface area contributed by atoms with Crippen molar-refractivity contribution in [2.75, 3.05) is 0 Å². The predicted molar refractivity (Wildman–Crippen MR) is 122 cm³/mol. The molecule has 4 nitrogen and oxygen atoms in total. The summed E-state index contributed by atoms with van der Waals surface area (Å²) in [6.07, 6.45) is 7.81. The van der Waals surface area contributed by atoms with Gasteiger partial charge in [0.25, 0.3) is 0 Å². The Hall–Kier alpha value is -1.71. The first-order chi connectivity index (χ1) is 14.1. The molecule has 1 aromatic rings. The Morgan fingerprint density at radius 2 is 2.00 bits per heavy atom. The molecule has 30 heavy (non-hydrogen) atoms. The molecule has 0 bridgehead atoms. The van der Waals surface area contributed by atoms with E-state index >= 15 is 0 Å². The second kappa shape index (κ2) is 9.20. The van der Waals surface area contributed by atoms with Gasteiger partial charge in [-0.3, -0.25) is 4.79 Å². The minimum atomic E-state index is -0.278. The number of phenolic OH excluding ortho intramolecular Hbond substituents is 1. The lowest BCUT2D eigenvalue weighted by Crippen LogP contribution is -2.50. The average Bonchev–Trinajstić information content (AvgIpc) is 2.65. The largest absolute Gasteiger partial charge is 0.508 e. The van der Waals surface area contributed by atoms with Crippen LogP contribution in [-0.2, 0) is 4.79 Å². The Morgan fingerprint density at radius 3 is 2.67 bits per heavy atom. The number of nitrogens with one attached hydrogen (secondary N) is 1. The molecule has 0 spiro atoms. The standard InChI is InChI=1S/C26H41NO3/c1-7-8-9-10-16(2)17(3)19-13-23(29)25-21-15-20(27-18(4)28)11-12-22(21)26(5,6)30-24(25)14-19/h13-14,16-17,20-22,29H,7-12,15H2,1-6H3,(H,27,28)/t16?,17?,20-,21-,22-/m1/s1. The summed E-state index contributed by atoms with van der Waals surface area (Å²) in [6, 6.07) is 4.32. The van der Waals surface area contributed by atoms with E-state index in [1.807, 2.05) is 6.07 Å². The smallest absolute Gasteiger partial charge is 0.217 e. The molecule has 1 aliphatic carbocycles. The minimum Gasteiger partial charge on any atom is -0.508 e. The summed E-state index contributed by atoms with van der Waals surface area (Å²) in [7, 11) is 0. The lowest BCUT2D eigenvalue weighted by molar-refractivity contribution is -0.120. The molecule has 1 saturated carbocycles. The number of carbonyl (C=O) groups excluding carboxylic acids is 1. The van der Waals surface area contributed by atoms with Gasteiger partial charge in [0.15, 0.2) is 0 Å². The third kappa shape index (κ3) is 4.78. The molecule has 3 rings (SSSR count). The number of carbonyl (C=O) groups is 1. The third-order valence-corrected chi connectivity index (χ3v) is 7.68. The Kier molecular flexibility index (Phi) is 7.04. The maximum Gasteiger partial charge on any atom is 0.217 e. The van der Waals surface area contributed by atoms with Crippen LogP contribution in [0.15, 0.2) is 12.1 Å². The maximum atomic E-state index is 11.6. The van der Waals surface area contributed by atoms with Crippen molar-refractivity contribution in [3.8, 4) is 11.5 Å². The summed E-state index contributed by atoms with van der Waals surface area (Å²) in [5.74, 6) is 2.72. The fourth-order valence-corrected chi connectivity index (χ4v) is 5.75. The summed E-state index contributed by atoms with van der Waals surface area (Å²) in [5, 5.41) is 14.2. The highest BCUT2D eigenvalue weighted by Gasteiger charge is 2.48. The van der Waals surface area contributed by atoms with Gasteiger partial charge in [-0.05, 0) is 68.6 Å². The topological polar surface area (TPSA) is 58.6 Å². The highest BCUT2D eigenvalue weighted by Crippen LogP contribution is 2.55. The molecule has 0 radical (unpaired) electrons. The van der Waals surface area contributed by atoms with E-state index in [-0.39, 0.29) is 23.5 Å². The zero-order valence-corrected chi connectivity index (χ0v) is 19.8. The van der Waals surface area contributed by atoms with Crippen molar-refractivity contribution >= 4 is 5.91 Å². The van der Waals surface area contributed by atoms with Gasteiger partial charge in [0.05, 0.1) is 0 Å². The van der Waals surface area contributed by atoms with Gasteiger partial charge in [-0.15, -0.1) is 0 Å². The van der Waals surface area contributed by atoms with Gasteiger partial charge in [0.1, 0.15) is 17.1 Å². The van der Waals surface area contributed by atoms with Crippen molar-refractivity contribution in [2.45, 2.75) is 110 Å². The highest BCUT2D eigenvalue weighted by atomic mass is 16.5. The lowest BCUT2D eigenvalue weighted by atomic mass is 9.65. The van der Waals surface area contributed by atoms with Crippen LogP contribution in [0.1, 0.15) is 109 Å². The average molecular weight is 416 g/mol. The van der Waals surface area contributed by atoms with Crippen LogP contribution in [0.4, 0.5) is 0 Å². The summed E-state index contributed by atoms with van der Waals surface area (Å²) >= 11 is 0. The molecule has 1 fully saturated rings. The molecule has 2 unspecified atom stereocenters. The van der Waals surface area contributed by atoms with Crippen molar-refractivity contribution in [3.05, 3.63) is 23.3 Å². The van der Waals surface area contributed by atoms with E-state index in [0.717, 1.165) is 30.6 Å². The molecular formula is C26H41NO3. The van der Waals surface area contributed by atoms with E-state index in [9.17, 15) is 9.90 Å². The summed E-state index contributed by atoms with van der Waals surface area (Å²) in [5.41, 5.74) is 1.84. The van der Waals surface area contributed by atoms with Crippen molar-refractivity contribution in [1.29, 1.82) is 0 Å². The van der Waals surface area contributed by atoms with E-state index in [0.29, 0.717) is 23.5 Å². The van der Waals surface area contributed by atoms with Crippen LogP contribution < -0.4 is 10.1 Å².